The average molecular weight is 434 g/mol. The first kappa shape index (κ1) is 25.1. The van der Waals surface area contributed by atoms with Crippen LogP contribution in [0, 0.1) is 0 Å². The number of ether oxygens (including phenoxy) is 3. The van der Waals surface area contributed by atoms with Crippen molar-refractivity contribution in [3.05, 3.63) is 47.5 Å². The molecule has 2 aromatic carbocycles. The summed E-state index contributed by atoms with van der Waals surface area (Å²) < 4.78 is 15.0. The van der Waals surface area contributed by atoms with E-state index in [4.69, 9.17) is 30.2 Å². The Labute approximate surface area is 179 Å². The van der Waals surface area contributed by atoms with E-state index in [2.05, 4.69) is 5.32 Å². The summed E-state index contributed by atoms with van der Waals surface area (Å²) in [6.07, 6.45) is -0.631. The number of nitrogens with one attached hydrogen (secondary N) is 1. The second-order valence-electron chi connectivity index (χ2n) is 7.11. The van der Waals surface area contributed by atoms with E-state index < -0.39 is 23.6 Å². The lowest BCUT2D eigenvalue weighted by molar-refractivity contribution is 0.0632. The van der Waals surface area contributed by atoms with E-state index in [1.807, 2.05) is 0 Å². The Hall–Kier alpha value is -3.95. The lowest BCUT2D eigenvalue weighted by Crippen LogP contribution is -2.27. The van der Waals surface area contributed by atoms with Crippen LogP contribution in [0.15, 0.2) is 36.4 Å². The summed E-state index contributed by atoms with van der Waals surface area (Å²) in [4.78, 5) is 32.9. The van der Waals surface area contributed by atoms with Gasteiger partial charge < -0.3 is 30.2 Å². The predicted molar refractivity (Wildman–Crippen MR) is 114 cm³/mol. The van der Waals surface area contributed by atoms with Gasteiger partial charge in [0.2, 0.25) is 0 Å². The van der Waals surface area contributed by atoms with Gasteiger partial charge in [0, 0.05) is 0 Å². The standard InChI is InChI=1S/C13H17NO5.C8H9NO3/c1-13(2,3)19-12(17)14-9-6-5-8(11(15)16)7-10(9)18-4;1-12-7-4-5(8(10)11)2-3-6(7)9/h5-7H,1-4H3,(H,14,17)(H,15,16);2-4H,9H2,1H3,(H,10,11). The fourth-order valence-electron chi connectivity index (χ4n) is 2.19. The number of hydrogen-bond donors (Lipinski definition) is 4. The lowest BCUT2D eigenvalue weighted by Gasteiger charge is -2.20. The Kier molecular flexibility index (Phi) is 8.67. The van der Waals surface area contributed by atoms with Gasteiger partial charge in [0.05, 0.1) is 36.7 Å². The SMILES string of the molecule is COc1cc(C(=O)O)ccc1N.COc1cc(C(=O)O)ccc1NC(=O)OC(C)(C)C. The monoisotopic (exact) mass is 434 g/mol. The van der Waals surface area contributed by atoms with Crippen LogP contribution in [-0.4, -0.2) is 48.1 Å². The average Bonchev–Trinajstić information content (AvgIpc) is 2.67. The van der Waals surface area contributed by atoms with Crippen LogP contribution in [-0.2, 0) is 4.74 Å². The summed E-state index contributed by atoms with van der Waals surface area (Å²) in [6, 6.07) is 8.47. The minimum Gasteiger partial charge on any atom is -0.495 e. The molecule has 0 radical (unpaired) electrons. The molecular weight excluding hydrogens is 408 g/mol. The molecule has 0 aliphatic carbocycles. The van der Waals surface area contributed by atoms with Gasteiger partial charge in [-0.2, -0.15) is 0 Å². The third kappa shape index (κ3) is 8.13. The molecule has 0 atom stereocenters. The van der Waals surface area contributed by atoms with Crippen LogP contribution in [0.5, 0.6) is 11.5 Å². The number of methoxy groups -OCH3 is 2. The van der Waals surface area contributed by atoms with Crippen LogP contribution in [0.2, 0.25) is 0 Å². The van der Waals surface area contributed by atoms with Gasteiger partial charge in [-0.1, -0.05) is 0 Å². The topological polar surface area (TPSA) is 157 Å². The van der Waals surface area contributed by atoms with Gasteiger partial charge in [-0.15, -0.1) is 0 Å². The first-order chi connectivity index (χ1) is 14.4. The van der Waals surface area contributed by atoms with Gasteiger partial charge in [-0.25, -0.2) is 14.4 Å². The number of carboxylic acids is 2. The molecule has 0 aliphatic heterocycles. The number of aromatic carboxylic acids is 2. The third-order valence-electron chi connectivity index (χ3n) is 3.56. The van der Waals surface area contributed by atoms with Crippen LogP contribution in [0.3, 0.4) is 0 Å². The number of amides is 1. The summed E-state index contributed by atoms with van der Waals surface area (Å²) in [5, 5.41) is 20.0. The first-order valence-electron chi connectivity index (χ1n) is 8.96. The molecule has 2 aromatic rings. The summed E-state index contributed by atoms with van der Waals surface area (Å²) in [5.41, 5.74) is 5.89. The zero-order valence-electron chi connectivity index (χ0n) is 17.9. The summed E-state index contributed by atoms with van der Waals surface area (Å²) in [7, 11) is 2.83. The van der Waals surface area contributed by atoms with Gasteiger partial charge in [0.1, 0.15) is 17.1 Å². The number of nitrogens with two attached hydrogens (primary N) is 1. The van der Waals surface area contributed by atoms with Crippen molar-refractivity contribution in [2.45, 2.75) is 26.4 Å². The normalized spacial score (nSPS) is 10.2. The molecule has 0 aliphatic rings. The molecule has 0 spiro atoms. The molecule has 168 valence electrons. The van der Waals surface area contributed by atoms with Crippen molar-refractivity contribution in [2.75, 3.05) is 25.3 Å². The molecule has 10 heteroatoms. The quantitative estimate of drug-likeness (QED) is 0.515. The van der Waals surface area contributed by atoms with Crippen LogP contribution in [0.4, 0.5) is 16.2 Å². The van der Waals surface area contributed by atoms with Crippen LogP contribution < -0.4 is 20.5 Å². The molecule has 0 aromatic heterocycles. The van der Waals surface area contributed by atoms with Crippen LogP contribution >= 0.6 is 0 Å². The Balaban J connectivity index is 0.000000343. The maximum absolute atomic E-state index is 11.6. The minimum atomic E-state index is -1.07. The first-order valence-corrected chi connectivity index (χ1v) is 8.96. The Morgan fingerprint density at radius 1 is 0.871 bits per heavy atom. The zero-order valence-corrected chi connectivity index (χ0v) is 17.9. The molecule has 2 rings (SSSR count). The second-order valence-corrected chi connectivity index (χ2v) is 7.11. The lowest BCUT2D eigenvalue weighted by atomic mass is 10.2. The Morgan fingerprint density at radius 2 is 1.35 bits per heavy atom. The highest BCUT2D eigenvalue weighted by Gasteiger charge is 2.18. The molecule has 1 amide bonds. The molecule has 0 saturated carbocycles. The molecule has 0 bridgehead atoms. The van der Waals surface area contributed by atoms with Crippen molar-refractivity contribution in [1.29, 1.82) is 0 Å². The smallest absolute Gasteiger partial charge is 0.412 e. The third-order valence-corrected chi connectivity index (χ3v) is 3.56. The van der Waals surface area contributed by atoms with E-state index in [1.165, 1.54) is 50.6 Å². The number of nitrogen functional groups attached to an aromatic ring is 1. The molecule has 0 saturated heterocycles. The van der Waals surface area contributed by atoms with E-state index >= 15 is 0 Å². The largest absolute Gasteiger partial charge is 0.495 e. The fourth-order valence-corrected chi connectivity index (χ4v) is 2.19. The number of anilines is 2. The number of carboxylic acid groups (broad SMARTS) is 2. The molecule has 31 heavy (non-hydrogen) atoms. The number of benzene rings is 2. The highest BCUT2D eigenvalue weighted by Crippen LogP contribution is 2.26. The van der Waals surface area contributed by atoms with Crippen molar-refractivity contribution in [3.8, 4) is 11.5 Å². The number of carbonyl (C=O) groups excluding carboxylic acids is 1. The van der Waals surface area contributed by atoms with Crippen molar-refractivity contribution in [3.63, 3.8) is 0 Å². The molecule has 10 nitrogen and oxygen atoms in total. The number of hydrogen-bond acceptors (Lipinski definition) is 7. The molecular formula is C21H26N2O8. The molecule has 0 unspecified atom stereocenters. The van der Waals surface area contributed by atoms with Gasteiger partial charge in [-0.3, -0.25) is 5.32 Å². The van der Waals surface area contributed by atoms with E-state index in [9.17, 15) is 14.4 Å². The van der Waals surface area contributed by atoms with Crippen molar-refractivity contribution < 1.29 is 38.8 Å². The summed E-state index contributed by atoms with van der Waals surface area (Å²) in [6.45, 7) is 5.24. The van der Waals surface area contributed by atoms with Crippen LogP contribution in [0.25, 0.3) is 0 Å². The maximum atomic E-state index is 11.6. The fraction of sp³-hybridized carbons (Fsp3) is 0.286. The Bertz CT molecular complexity index is 951. The summed E-state index contributed by atoms with van der Waals surface area (Å²) in [5.74, 6) is -1.42. The van der Waals surface area contributed by atoms with E-state index in [-0.39, 0.29) is 16.9 Å². The zero-order chi connectivity index (χ0) is 23.8. The molecule has 0 fully saturated rings. The minimum absolute atomic E-state index is 0.0755. The Morgan fingerprint density at radius 3 is 1.81 bits per heavy atom. The van der Waals surface area contributed by atoms with Gasteiger partial charge in [0.25, 0.3) is 0 Å². The number of rotatable bonds is 5. The van der Waals surface area contributed by atoms with Gasteiger partial charge in [0.15, 0.2) is 0 Å². The van der Waals surface area contributed by atoms with Crippen LogP contribution in [0.1, 0.15) is 41.5 Å². The van der Waals surface area contributed by atoms with Gasteiger partial charge >= 0.3 is 18.0 Å². The van der Waals surface area contributed by atoms with E-state index in [0.29, 0.717) is 17.1 Å². The van der Waals surface area contributed by atoms with E-state index in [1.54, 1.807) is 20.8 Å². The highest BCUT2D eigenvalue weighted by atomic mass is 16.6. The maximum Gasteiger partial charge on any atom is 0.412 e. The van der Waals surface area contributed by atoms with Gasteiger partial charge in [-0.05, 0) is 57.2 Å². The van der Waals surface area contributed by atoms with Crippen molar-refractivity contribution in [1.82, 2.24) is 0 Å². The predicted octanol–water partition coefficient (Wildman–Crippen LogP) is 3.72. The van der Waals surface area contributed by atoms with E-state index in [0.717, 1.165) is 0 Å². The summed E-state index contributed by atoms with van der Waals surface area (Å²) >= 11 is 0. The van der Waals surface area contributed by atoms with Crippen molar-refractivity contribution in [2.24, 2.45) is 0 Å². The second kappa shape index (κ2) is 10.7. The highest BCUT2D eigenvalue weighted by molar-refractivity contribution is 5.92. The molecule has 5 N–H and O–H groups in total. The molecule has 0 heterocycles. The van der Waals surface area contributed by atoms with Crippen molar-refractivity contribution >= 4 is 29.4 Å². The number of carbonyl (C=O) groups is 3.